The molecule has 0 aliphatic heterocycles. The Hall–Kier alpha value is -0.0800. The van der Waals surface area contributed by atoms with Gasteiger partial charge in [0.1, 0.15) is 0 Å². The van der Waals surface area contributed by atoms with Gasteiger partial charge in [0.25, 0.3) is 0 Å². The quantitative estimate of drug-likeness (QED) is 0.675. The Labute approximate surface area is 75.6 Å². The molecule has 1 saturated carbocycles. The highest BCUT2D eigenvalue weighted by Gasteiger charge is 2.42. The molecule has 0 aromatic heterocycles. The second-order valence-electron chi connectivity index (χ2n) is 4.75. The highest BCUT2D eigenvalue weighted by molar-refractivity contribution is 4.94. The third kappa shape index (κ3) is 2.76. The lowest BCUT2D eigenvalue weighted by Crippen LogP contribution is -2.31. The zero-order valence-corrected chi connectivity index (χ0v) is 8.51. The van der Waals surface area contributed by atoms with Crippen LogP contribution in [0.15, 0.2) is 0 Å². The zero-order valence-electron chi connectivity index (χ0n) is 8.51. The molecule has 0 radical (unpaired) electrons. The molecule has 1 rings (SSSR count). The topological polar surface area (TPSA) is 23.5 Å². The number of hydrogen-bond donors (Lipinski definition) is 1. The maximum absolute atomic E-state index is 9.11. The van der Waals surface area contributed by atoms with Crippen LogP contribution in [0.2, 0.25) is 0 Å². The van der Waals surface area contributed by atoms with E-state index in [1.165, 1.54) is 12.8 Å². The summed E-state index contributed by atoms with van der Waals surface area (Å²) in [5.74, 6) is 0.726. The molecule has 0 spiro atoms. The molecule has 0 saturated heterocycles. The summed E-state index contributed by atoms with van der Waals surface area (Å²) in [4.78, 5) is 2.34. The summed E-state index contributed by atoms with van der Waals surface area (Å²) in [6, 6.07) is 0. The van der Waals surface area contributed by atoms with Crippen LogP contribution >= 0.6 is 0 Å². The molecule has 2 nitrogen and oxygen atoms in total. The van der Waals surface area contributed by atoms with E-state index >= 15 is 0 Å². The van der Waals surface area contributed by atoms with Crippen molar-refractivity contribution in [1.82, 2.24) is 4.90 Å². The fourth-order valence-corrected chi connectivity index (χ4v) is 1.80. The largest absolute Gasteiger partial charge is 0.396 e. The van der Waals surface area contributed by atoms with Gasteiger partial charge in [0, 0.05) is 25.1 Å². The van der Waals surface area contributed by atoms with E-state index in [0.29, 0.717) is 6.61 Å². The summed E-state index contributed by atoms with van der Waals surface area (Å²) in [5.41, 5.74) is 0.281. The minimum Gasteiger partial charge on any atom is -0.396 e. The van der Waals surface area contributed by atoms with E-state index in [-0.39, 0.29) is 5.41 Å². The van der Waals surface area contributed by atoms with Crippen LogP contribution < -0.4 is 0 Å². The van der Waals surface area contributed by atoms with Crippen molar-refractivity contribution in [3.8, 4) is 0 Å². The lowest BCUT2D eigenvalue weighted by atomic mass is 10.1. The van der Waals surface area contributed by atoms with Crippen molar-refractivity contribution >= 4 is 0 Å². The first kappa shape index (κ1) is 10.0. The van der Waals surface area contributed by atoms with Crippen LogP contribution in [0.1, 0.15) is 26.7 Å². The molecule has 1 aliphatic carbocycles. The molecule has 0 aromatic rings. The molecule has 1 N–H and O–H groups in total. The van der Waals surface area contributed by atoms with E-state index in [1.807, 2.05) is 0 Å². The predicted molar refractivity (Wildman–Crippen MR) is 51.1 cm³/mol. The van der Waals surface area contributed by atoms with Gasteiger partial charge in [0.2, 0.25) is 0 Å². The van der Waals surface area contributed by atoms with E-state index in [4.69, 9.17) is 5.11 Å². The maximum Gasteiger partial charge on any atom is 0.0499 e. The van der Waals surface area contributed by atoms with E-state index < -0.39 is 0 Å². The fourth-order valence-electron chi connectivity index (χ4n) is 1.80. The first-order chi connectivity index (χ1) is 5.58. The zero-order chi connectivity index (χ0) is 9.19. The molecule has 0 amide bonds. The Balaban J connectivity index is 2.21. The van der Waals surface area contributed by atoms with E-state index in [0.717, 1.165) is 19.0 Å². The van der Waals surface area contributed by atoms with Crippen LogP contribution in [0.3, 0.4) is 0 Å². The summed E-state index contributed by atoms with van der Waals surface area (Å²) in [7, 11) is 2.15. The summed E-state index contributed by atoms with van der Waals surface area (Å²) < 4.78 is 0. The van der Waals surface area contributed by atoms with Crippen LogP contribution in [-0.2, 0) is 0 Å². The average Bonchev–Trinajstić information content (AvgIpc) is 2.67. The van der Waals surface area contributed by atoms with Gasteiger partial charge in [0.05, 0.1) is 0 Å². The SMILES string of the molecule is CC(C)CN(C)CC1(CO)CC1. The summed E-state index contributed by atoms with van der Waals surface area (Å²) >= 11 is 0. The number of aliphatic hydroxyl groups is 1. The Bertz CT molecular complexity index is 141. The second-order valence-corrected chi connectivity index (χ2v) is 4.75. The van der Waals surface area contributed by atoms with Crippen LogP contribution in [0.25, 0.3) is 0 Å². The van der Waals surface area contributed by atoms with E-state index in [1.54, 1.807) is 0 Å². The Morgan fingerprint density at radius 1 is 1.42 bits per heavy atom. The first-order valence-corrected chi connectivity index (χ1v) is 4.87. The number of hydrogen-bond acceptors (Lipinski definition) is 2. The number of nitrogens with zero attached hydrogens (tertiary/aromatic N) is 1. The lowest BCUT2D eigenvalue weighted by Gasteiger charge is -2.23. The molecule has 0 aromatic carbocycles. The van der Waals surface area contributed by atoms with Crippen LogP contribution in [-0.4, -0.2) is 36.8 Å². The smallest absolute Gasteiger partial charge is 0.0499 e. The van der Waals surface area contributed by atoms with Gasteiger partial charge in [-0.2, -0.15) is 0 Å². The van der Waals surface area contributed by atoms with E-state index in [9.17, 15) is 0 Å². The minimum atomic E-state index is 0.281. The van der Waals surface area contributed by atoms with Gasteiger partial charge in [-0.15, -0.1) is 0 Å². The van der Waals surface area contributed by atoms with Gasteiger partial charge in [-0.1, -0.05) is 13.8 Å². The van der Waals surface area contributed by atoms with Crippen molar-refractivity contribution in [2.75, 3.05) is 26.7 Å². The molecule has 0 atom stereocenters. The van der Waals surface area contributed by atoms with Gasteiger partial charge in [-0.3, -0.25) is 0 Å². The first-order valence-electron chi connectivity index (χ1n) is 4.87. The van der Waals surface area contributed by atoms with Gasteiger partial charge in [-0.25, -0.2) is 0 Å². The lowest BCUT2D eigenvalue weighted by molar-refractivity contribution is 0.157. The molecular weight excluding hydrogens is 150 g/mol. The van der Waals surface area contributed by atoms with Gasteiger partial charge < -0.3 is 10.0 Å². The van der Waals surface area contributed by atoms with Crippen molar-refractivity contribution in [1.29, 1.82) is 0 Å². The summed E-state index contributed by atoms with van der Waals surface area (Å²) in [6.45, 7) is 7.04. The van der Waals surface area contributed by atoms with Crippen molar-refractivity contribution in [3.05, 3.63) is 0 Å². The Morgan fingerprint density at radius 3 is 2.33 bits per heavy atom. The highest BCUT2D eigenvalue weighted by atomic mass is 16.3. The molecule has 12 heavy (non-hydrogen) atoms. The molecule has 1 aliphatic rings. The van der Waals surface area contributed by atoms with E-state index in [2.05, 4.69) is 25.8 Å². The Kier molecular flexibility index (Phi) is 3.13. The van der Waals surface area contributed by atoms with Crippen LogP contribution in [0.5, 0.6) is 0 Å². The summed E-state index contributed by atoms with van der Waals surface area (Å²) in [6.07, 6.45) is 2.43. The molecule has 0 heterocycles. The molecule has 0 unspecified atom stereocenters. The number of aliphatic hydroxyl groups excluding tert-OH is 1. The minimum absolute atomic E-state index is 0.281. The monoisotopic (exact) mass is 171 g/mol. The molecule has 2 heteroatoms. The third-order valence-electron chi connectivity index (χ3n) is 2.57. The molecule has 1 fully saturated rings. The number of rotatable bonds is 5. The molecular formula is C10H21NO. The fraction of sp³-hybridized carbons (Fsp3) is 1.00. The predicted octanol–water partition coefficient (Wildman–Crippen LogP) is 1.35. The third-order valence-corrected chi connectivity index (χ3v) is 2.57. The second kappa shape index (κ2) is 3.75. The van der Waals surface area contributed by atoms with Crippen molar-refractivity contribution in [2.24, 2.45) is 11.3 Å². The highest BCUT2D eigenvalue weighted by Crippen LogP contribution is 2.45. The molecule has 72 valence electrons. The van der Waals surface area contributed by atoms with Crippen molar-refractivity contribution in [2.45, 2.75) is 26.7 Å². The van der Waals surface area contributed by atoms with Crippen molar-refractivity contribution in [3.63, 3.8) is 0 Å². The summed E-state index contributed by atoms with van der Waals surface area (Å²) in [5, 5.41) is 9.11. The average molecular weight is 171 g/mol. The van der Waals surface area contributed by atoms with Gasteiger partial charge in [0.15, 0.2) is 0 Å². The van der Waals surface area contributed by atoms with Gasteiger partial charge in [-0.05, 0) is 25.8 Å². The van der Waals surface area contributed by atoms with Gasteiger partial charge >= 0.3 is 0 Å². The standard InChI is InChI=1S/C10H21NO/c1-9(2)6-11(3)7-10(8-12)4-5-10/h9,12H,4-8H2,1-3H3. The van der Waals surface area contributed by atoms with Crippen molar-refractivity contribution < 1.29 is 5.11 Å². The van der Waals surface area contributed by atoms with Crippen LogP contribution in [0, 0.1) is 11.3 Å². The Morgan fingerprint density at radius 2 is 2.00 bits per heavy atom. The maximum atomic E-state index is 9.11. The molecule has 0 bridgehead atoms. The normalized spacial score (nSPS) is 20.5. The van der Waals surface area contributed by atoms with Crippen LogP contribution in [0.4, 0.5) is 0 Å².